The summed E-state index contributed by atoms with van der Waals surface area (Å²) in [6, 6.07) is 12.4. The zero-order valence-electron chi connectivity index (χ0n) is 17.9. The van der Waals surface area contributed by atoms with Crippen LogP contribution < -0.4 is 16.6 Å². The second-order valence-corrected chi connectivity index (χ2v) is 7.83. The maximum Gasteiger partial charge on any atom is 0.349 e. The fourth-order valence-electron chi connectivity index (χ4n) is 3.80. The Labute approximate surface area is 183 Å². The molecule has 0 amide bonds. The van der Waals surface area contributed by atoms with Gasteiger partial charge in [0.15, 0.2) is 11.5 Å². The highest BCUT2D eigenvalue weighted by molar-refractivity contribution is 5.81. The molecule has 0 aromatic heterocycles. The second kappa shape index (κ2) is 8.99. The number of aromatic nitrogens is 4. The van der Waals surface area contributed by atoms with Crippen LogP contribution in [0.5, 0.6) is 0 Å². The summed E-state index contributed by atoms with van der Waals surface area (Å²) in [6.07, 6.45) is -0.892. The Hall–Kier alpha value is -3.40. The van der Waals surface area contributed by atoms with E-state index >= 15 is 0 Å². The first-order chi connectivity index (χ1) is 15.4. The van der Waals surface area contributed by atoms with Crippen LogP contribution in [0.15, 0.2) is 52.1 Å². The number of aliphatic hydroxyl groups is 2. The maximum absolute atomic E-state index is 12.4. The molecule has 9 nitrogen and oxygen atoms in total. The number of rotatable bonds is 7. The van der Waals surface area contributed by atoms with Gasteiger partial charge in [-0.15, -0.1) is 0 Å². The van der Waals surface area contributed by atoms with Crippen LogP contribution in [0.25, 0.3) is 22.6 Å². The summed E-state index contributed by atoms with van der Waals surface area (Å²) >= 11 is 0. The van der Waals surface area contributed by atoms with E-state index in [1.165, 1.54) is 0 Å². The molecular formula is C23H25N5O4. The van der Waals surface area contributed by atoms with E-state index in [0.29, 0.717) is 24.2 Å². The Morgan fingerprint density at radius 1 is 1.09 bits per heavy atom. The van der Waals surface area contributed by atoms with E-state index in [1.54, 1.807) is 16.7 Å². The number of aromatic amines is 1. The molecule has 0 aliphatic carbocycles. The summed E-state index contributed by atoms with van der Waals surface area (Å²) in [4.78, 5) is 34.9. The van der Waals surface area contributed by atoms with Crippen LogP contribution >= 0.6 is 0 Å². The van der Waals surface area contributed by atoms with E-state index in [4.69, 9.17) is 0 Å². The van der Waals surface area contributed by atoms with Crippen LogP contribution in [-0.4, -0.2) is 48.9 Å². The molecule has 0 spiro atoms. The molecule has 4 N–H and O–H groups in total. The van der Waals surface area contributed by atoms with Crippen molar-refractivity contribution in [1.29, 1.82) is 0 Å². The predicted octanol–water partition coefficient (Wildman–Crippen LogP) is 0.886. The van der Waals surface area contributed by atoms with Gasteiger partial charge in [0, 0.05) is 13.1 Å². The molecule has 0 radical (unpaired) electrons. The molecule has 0 fully saturated rings. The third-order valence-electron chi connectivity index (χ3n) is 5.69. The normalized spacial score (nSPS) is 13.5. The van der Waals surface area contributed by atoms with E-state index in [0.717, 1.165) is 16.6 Å². The van der Waals surface area contributed by atoms with Gasteiger partial charge in [-0.1, -0.05) is 30.3 Å². The molecule has 0 saturated heterocycles. The number of aryl methyl sites for hydroxylation is 2. The van der Waals surface area contributed by atoms with Crippen LogP contribution in [0.2, 0.25) is 0 Å². The monoisotopic (exact) mass is 435 g/mol. The van der Waals surface area contributed by atoms with Gasteiger partial charge in [0.25, 0.3) is 5.56 Å². The molecule has 9 heteroatoms. The average molecular weight is 435 g/mol. The van der Waals surface area contributed by atoms with Gasteiger partial charge in [-0.05, 0) is 42.7 Å². The Morgan fingerprint density at radius 3 is 2.53 bits per heavy atom. The van der Waals surface area contributed by atoms with Gasteiger partial charge in [-0.25, -0.2) is 9.78 Å². The molecule has 0 saturated carbocycles. The van der Waals surface area contributed by atoms with Crippen LogP contribution in [0.4, 0.5) is 0 Å². The number of benzene rings is 2. The lowest BCUT2D eigenvalue weighted by Gasteiger charge is -2.24. The Balaban J connectivity index is 1.69. The molecule has 2 unspecified atom stereocenters. The fraction of sp³-hybridized carbons (Fsp3) is 0.304. The smallest absolute Gasteiger partial charge is 0.349 e. The van der Waals surface area contributed by atoms with Crippen LogP contribution in [-0.2, 0) is 6.54 Å². The minimum absolute atomic E-state index is 0.0865. The molecule has 2 atom stereocenters. The van der Waals surface area contributed by atoms with Crippen molar-refractivity contribution < 1.29 is 10.2 Å². The number of hydrogen-bond donors (Lipinski definition) is 4. The third kappa shape index (κ3) is 4.18. The zero-order chi connectivity index (χ0) is 22.8. The highest BCUT2D eigenvalue weighted by atomic mass is 16.3. The molecule has 166 valence electrons. The molecule has 4 rings (SSSR count). The number of fused-ring (bicyclic) bond motifs is 2. The highest BCUT2D eigenvalue weighted by Gasteiger charge is 2.22. The Morgan fingerprint density at radius 2 is 1.81 bits per heavy atom. The summed E-state index contributed by atoms with van der Waals surface area (Å²) in [5.41, 5.74) is 2.89. The minimum Gasteiger partial charge on any atom is -0.395 e. The van der Waals surface area contributed by atoms with Gasteiger partial charge in [-0.3, -0.25) is 9.78 Å². The Bertz CT molecular complexity index is 1330. The summed E-state index contributed by atoms with van der Waals surface area (Å²) in [5.74, 6) is 0.195. The Kier molecular flexibility index (Phi) is 6.13. The maximum atomic E-state index is 12.4. The van der Waals surface area contributed by atoms with Gasteiger partial charge >= 0.3 is 5.69 Å². The van der Waals surface area contributed by atoms with Gasteiger partial charge in [0.1, 0.15) is 0 Å². The van der Waals surface area contributed by atoms with Crippen molar-refractivity contribution in [2.24, 2.45) is 0 Å². The first kappa shape index (κ1) is 21.8. The zero-order valence-corrected chi connectivity index (χ0v) is 17.9. The van der Waals surface area contributed by atoms with Crippen molar-refractivity contribution in [3.8, 4) is 11.5 Å². The lowest BCUT2D eigenvalue weighted by atomic mass is 10.0. The van der Waals surface area contributed by atoms with Gasteiger partial charge in [0.05, 0.1) is 29.8 Å². The van der Waals surface area contributed by atoms with Crippen molar-refractivity contribution in [3.05, 3.63) is 80.0 Å². The van der Waals surface area contributed by atoms with Crippen LogP contribution in [0.3, 0.4) is 0 Å². The first-order valence-corrected chi connectivity index (χ1v) is 10.4. The number of aliphatic hydroxyl groups excluding tert-OH is 2. The summed E-state index contributed by atoms with van der Waals surface area (Å²) in [6.45, 7) is 4.37. The van der Waals surface area contributed by atoms with Crippen molar-refractivity contribution in [1.82, 2.24) is 24.8 Å². The van der Waals surface area contributed by atoms with E-state index < -0.39 is 23.4 Å². The van der Waals surface area contributed by atoms with Crippen molar-refractivity contribution in [3.63, 3.8) is 0 Å². The number of H-pyrrole nitrogens is 1. The fourth-order valence-corrected chi connectivity index (χ4v) is 3.80. The van der Waals surface area contributed by atoms with E-state index in [1.807, 2.05) is 44.2 Å². The molecule has 2 aromatic rings. The van der Waals surface area contributed by atoms with Crippen molar-refractivity contribution in [2.45, 2.75) is 32.5 Å². The van der Waals surface area contributed by atoms with Crippen molar-refractivity contribution in [2.75, 3.05) is 13.2 Å². The van der Waals surface area contributed by atoms with Gasteiger partial charge in [0.2, 0.25) is 0 Å². The lowest BCUT2D eigenvalue weighted by molar-refractivity contribution is 0.0897. The predicted molar refractivity (Wildman–Crippen MR) is 121 cm³/mol. The summed E-state index contributed by atoms with van der Waals surface area (Å²) in [5, 5.41) is 23.6. The molecule has 0 bridgehead atoms. The van der Waals surface area contributed by atoms with Crippen molar-refractivity contribution >= 4 is 11.0 Å². The first-order valence-electron chi connectivity index (χ1n) is 10.4. The second-order valence-electron chi connectivity index (χ2n) is 7.83. The molecule has 2 aliphatic rings. The summed E-state index contributed by atoms with van der Waals surface area (Å²) in [7, 11) is 0. The summed E-state index contributed by atoms with van der Waals surface area (Å²) < 4.78 is 1.77. The standard InChI is InChI=1S/C23H25N5O4/c1-13-10-16-18(11-14(13)2)28(21-19(25-16)22(31)27-23(32)26-21)9-8-24-17(12-29)20(30)15-6-4-3-5-7-15/h3-7,10-11,17,20,24,29-30H,8-9,12H2,1-2H3,(H,27,31,32). The van der Waals surface area contributed by atoms with Crippen LogP contribution in [0, 0.1) is 13.8 Å². The van der Waals surface area contributed by atoms with E-state index in [9.17, 15) is 19.8 Å². The number of nitrogens with zero attached hydrogens (tertiary/aromatic N) is 3. The topological polar surface area (TPSA) is 133 Å². The number of nitrogens with one attached hydrogen (secondary N) is 2. The molecule has 32 heavy (non-hydrogen) atoms. The highest BCUT2D eigenvalue weighted by Crippen LogP contribution is 2.23. The minimum atomic E-state index is -0.892. The van der Waals surface area contributed by atoms with Gasteiger partial charge in [-0.2, -0.15) is 4.98 Å². The molecule has 2 heterocycles. The molecular weight excluding hydrogens is 410 g/mol. The largest absolute Gasteiger partial charge is 0.395 e. The number of hydrogen-bond acceptors (Lipinski definition) is 7. The van der Waals surface area contributed by atoms with Gasteiger partial charge < -0.3 is 20.1 Å². The van der Waals surface area contributed by atoms with E-state index in [2.05, 4.69) is 20.3 Å². The SMILES string of the molecule is Cc1cc2nc3c(=O)[nH]c(=O)nc-3n(CCNC(CO)C(O)c3ccccc3)c2cc1C. The van der Waals surface area contributed by atoms with Crippen LogP contribution in [0.1, 0.15) is 22.8 Å². The average Bonchev–Trinajstić information content (AvgIpc) is 2.78. The lowest BCUT2D eigenvalue weighted by Crippen LogP contribution is -2.40. The van der Waals surface area contributed by atoms with E-state index in [-0.39, 0.29) is 18.1 Å². The molecule has 2 aliphatic heterocycles. The molecule has 2 aromatic carbocycles. The quantitative estimate of drug-likeness (QED) is 0.317. The third-order valence-corrected chi connectivity index (χ3v) is 5.69.